The fourth-order valence-electron chi connectivity index (χ4n) is 2.02. The number of aryl methyl sites for hydroxylation is 1. The van der Waals surface area contributed by atoms with Crippen molar-refractivity contribution >= 4 is 63.7 Å². The van der Waals surface area contributed by atoms with Crippen LogP contribution in [0.5, 0.6) is 0 Å². The molecule has 0 spiro atoms. The number of hydrogen-bond donors (Lipinski definition) is 3. The van der Waals surface area contributed by atoms with E-state index >= 15 is 0 Å². The number of halogens is 4. The summed E-state index contributed by atoms with van der Waals surface area (Å²) in [5, 5.41) is 8.43. The van der Waals surface area contributed by atoms with E-state index in [2.05, 4.69) is 16.0 Å². The number of nitrogens with one attached hydrogen (secondary N) is 3. The molecule has 0 heterocycles. The van der Waals surface area contributed by atoms with Crippen LogP contribution in [-0.4, -0.2) is 21.0 Å². The molecule has 4 nitrogen and oxygen atoms in total. The third-order valence-corrected chi connectivity index (χ3v) is 4.25. The topological polar surface area (TPSA) is 53.2 Å². The lowest BCUT2D eigenvalue weighted by molar-refractivity contribution is 0.0934. The number of hydrogen-bond acceptors (Lipinski definition) is 2. The molecule has 0 saturated heterocycles. The zero-order valence-electron chi connectivity index (χ0n) is 13.5. The summed E-state index contributed by atoms with van der Waals surface area (Å²) in [6.07, 6.45) is -1.12. The van der Waals surface area contributed by atoms with Crippen LogP contribution in [0.3, 0.4) is 0 Å². The quantitative estimate of drug-likeness (QED) is 0.375. The van der Waals surface area contributed by atoms with Crippen LogP contribution < -0.4 is 16.0 Å². The molecule has 0 radical (unpaired) electrons. The Morgan fingerprint density at radius 1 is 1.08 bits per heavy atom. The number of amides is 1. The van der Waals surface area contributed by atoms with E-state index in [9.17, 15) is 9.18 Å². The molecule has 26 heavy (non-hydrogen) atoms. The molecule has 2 rings (SSSR count). The summed E-state index contributed by atoms with van der Waals surface area (Å²) >= 11 is 23.0. The molecule has 1 unspecified atom stereocenters. The van der Waals surface area contributed by atoms with Crippen molar-refractivity contribution in [1.82, 2.24) is 10.6 Å². The number of thiocarbonyl (C=S) groups is 1. The van der Waals surface area contributed by atoms with Gasteiger partial charge in [-0.3, -0.25) is 4.79 Å². The fraction of sp³-hybridized carbons (Fsp3) is 0.176. The highest BCUT2D eigenvalue weighted by atomic mass is 35.6. The Labute approximate surface area is 171 Å². The summed E-state index contributed by atoms with van der Waals surface area (Å²) in [6.45, 7) is 1.91. The van der Waals surface area contributed by atoms with Crippen LogP contribution in [0.4, 0.5) is 10.1 Å². The van der Waals surface area contributed by atoms with Crippen molar-refractivity contribution < 1.29 is 9.18 Å². The third kappa shape index (κ3) is 5.99. The van der Waals surface area contributed by atoms with Crippen molar-refractivity contribution in [2.45, 2.75) is 16.9 Å². The van der Waals surface area contributed by atoms with Gasteiger partial charge in [0, 0.05) is 11.3 Å². The lowest BCUT2D eigenvalue weighted by Crippen LogP contribution is -2.56. The van der Waals surface area contributed by atoms with E-state index in [0.717, 1.165) is 23.4 Å². The monoisotopic (exact) mass is 433 g/mol. The smallest absolute Gasteiger partial charge is 0.252 e. The van der Waals surface area contributed by atoms with Gasteiger partial charge < -0.3 is 16.0 Å². The Morgan fingerprint density at radius 3 is 2.27 bits per heavy atom. The largest absolute Gasteiger partial charge is 0.339 e. The van der Waals surface area contributed by atoms with E-state index in [1.54, 1.807) is 0 Å². The summed E-state index contributed by atoms with van der Waals surface area (Å²) in [7, 11) is 0. The zero-order chi connectivity index (χ0) is 19.3. The molecule has 0 bridgehead atoms. The molecule has 0 aliphatic rings. The average molecular weight is 435 g/mol. The van der Waals surface area contributed by atoms with Gasteiger partial charge in [0.25, 0.3) is 5.91 Å². The maximum atomic E-state index is 13.0. The lowest BCUT2D eigenvalue weighted by Gasteiger charge is -2.28. The molecule has 0 aliphatic heterocycles. The number of anilines is 1. The summed E-state index contributed by atoms with van der Waals surface area (Å²) in [5.41, 5.74) is 1.96. The second-order valence-corrected chi connectivity index (χ2v) is 8.15. The Balaban J connectivity index is 2.07. The van der Waals surface area contributed by atoms with Gasteiger partial charge >= 0.3 is 0 Å². The third-order valence-electron chi connectivity index (χ3n) is 3.38. The van der Waals surface area contributed by atoms with Crippen molar-refractivity contribution in [3.63, 3.8) is 0 Å². The number of rotatable bonds is 4. The maximum Gasteiger partial charge on any atom is 0.252 e. The molecule has 0 aromatic heterocycles. The predicted molar refractivity (Wildman–Crippen MR) is 108 cm³/mol. The van der Waals surface area contributed by atoms with Crippen LogP contribution in [0, 0.1) is 12.7 Å². The first-order chi connectivity index (χ1) is 12.2. The molecule has 1 amide bonds. The van der Waals surface area contributed by atoms with E-state index in [1.807, 2.05) is 31.2 Å². The highest BCUT2D eigenvalue weighted by Crippen LogP contribution is 2.29. The molecular weight excluding hydrogens is 420 g/mol. The highest BCUT2D eigenvalue weighted by Gasteiger charge is 2.34. The number of carbonyl (C=O) groups is 1. The van der Waals surface area contributed by atoms with Crippen molar-refractivity contribution in [2.24, 2.45) is 0 Å². The van der Waals surface area contributed by atoms with Crippen LogP contribution in [-0.2, 0) is 0 Å². The zero-order valence-corrected chi connectivity index (χ0v) is 16.6. The van der Waals surface area contributed by atoms with E-state index < -0.39 is 21.7 Å². The number of benzene rings is 2. The maximum absolute atomic E-state index is 13.0. The summed E-state index contributed by atoms with van der Waals surface area (Å²) in [6, 6.07) is 12.5. The molecule has 9 heteroatoms. The molecule has 2 aromatic carbocycles. The number of carbonyl (C=O) groups excluding carboxylic acids is 1. The molecule has 3 N–H and O–H groups in total. The summed E-state index contributed by atoms with van der Waals surface area (Å²) < 4.78 is 11.1. The van der Waals surface area contributed by atoms with Crippen LogP contribution in [0.25, 0.3) is 0 Å². The molecule has 0 fully saturated rings. The Kier molecular flexibility index (Phi) is 7.06. The van der Waals surface area contributed by atoms with Gasteiger partial charge in [0.05, 0.1) is 0 Å². The second kappa shape index (κ2) is 8.86. The lowest BCUT2D eigenvalue weighted by atomic mass is 10.2. The van der Waals surface area contributed by atoms with Gasteiger partial charge in [-0.2, -0.15) is 0 Å². The van der Waals surface area contributed by atoms with Crippen LogP contribution in [0.1, 0.15) is 15.9 Å². The molecule has 0 aliphatic carbocycles. The molecule has 138 valence electrons. The molecular formula is C17H15Cl3FN3OS. The summed E-state index contributed by atoms with van der Waals surface area (Å²) in [5.74, 6) is -1.01. The Bertz CT molecular complexity index is 797. The van der Waals surface area contributed by atoms with E-state index in [1.165, 1.54) is 12.1 Å². The van der Waals surface area contributed by atoms with Crippen LogP contribution in [0.15, 0.2) is 48.5 Å². The van der Waals surface area contributed by atoms with Gasteiger partial charge in [0.15, 0.2) is 5.11 Å². The SMILES string of the molecule is Cc1ccccc1NC(=S)NC(NC(=O)c1ccc(F)cc1)C(Cl)(Cl)Cl. The fourth-order valence-corrected chi connectivity index (χ4v) is 2.57. The Hall–Kier alpha value is -1.60. The van der Waals surface area contributed by atoms with Gasteiger partial charge in [-0.05, 0) is 55.0 Å². The van der Waals surface area contributed by atoms with Gasteiger partial charge in [-0.1, -0.05) is 53.0 Å². The average Bonchev–Trinajstić information content (AvgIpc) is 2.56. The van der Waals surface area contributed by atoms with Crippen molar-refractivity contribution in [2.75, 3.05) is 5.32 Å². The standard InChI is InChI=1S/C17H15Cl3FN3OS/c1-10-4-2-3-5-13(10)22-16(26)24-15(17(18,19)20)23-14(25)11-6-8-12(21)9-7-11/h2-9,15H,1H3,(H,23,25)(H2,22,24,26). The molecule has 0 saturated carbocycles. The van der Waals surface area contributed by atoms with Gasteiger partial charge in [0.1, 0.15) is 12.0 Å². The minimum Gasteiger partial charge on any atom is -0.339 e. The first-order valence-electron chi connectivity index (χ1n) is 7.43. The second-order valence-electron chi connectivity index (χ2n) is 5.37. The van der Waals surface area contributed by atoms with Crippen LogP contribution >= 0.6 is 47.0 Å². The normalized spacial score (nSPS) is 12.2. The van der Waals surface area contributed by atoms with E-state index in [4.69, 9.17) is 47.0 Å². The number of alkyl halides is 3. The van der Waals surface area contributed by atoms with Crippen LogP contribution in [0.2, 0.25) is 0 Å². The first kappa shape index (κ1) is 20.7. The minimum absolute atomic E-state index is 0.162. The highest BCUT2D eigenvalue weighted by molar-refractivity contribution is 7.80. The summed E-state index contributed by atoms with van der Waals surface area (Å²) in [4.78, 5) is 12.3. The molecule has 2 aromatic rings. The van der Waals surface area contributed by atoms with Crippen molar-refractivity contribution in [3.05, 3.63) is 65.5 Å². The van der Waals surface area contributed by atoms with E-state index in [0.29, 0.717) is 0 Å². The molecule has 1 atom stereocenters. The van der Waals surface area contributed by atoms with Crippen molar-refractivity contribution in [1.29, 1.82) is 0 Å². The predicted octanol–water partition coefficient (Wildman–Crippen LogP) is 4.55. The Morgan fingerprint density at radius 2 is 1.69 bits per heavy atom. The number of para-hydroxylation sites is 1. The minimum atomic E-state index is -1.88. The van der Waals surface area contributed by atoms with E-state index in [-0.39, 0.29) is 10.7 Å². The van der Waals surface area contributed by atoms with Gasteiger partial charge in [0.2, 0.25) is 3.79 Å². The van der Waals surface area contributed by atoms with Crippen molar-refractivity contribution in [3.8, 4) is 0 Å². The van der Waals surface area contributed by atoms with Gasteiger partial charge in [-0.15, -0.1) is 0 Å². The first-order valence-corrected chi connectivity index (χ1v) is 8.97. The van der Waals surface area contributed by atoms with Gasteiger partial charge in [-0.25, -0.2) is 4.39 Å².